The Morgan fingerprint density at radius 1 is 1.29 bits per heavy atom. The topological polar surface area (TPSA) is 37.3 Å². The van der Waals surface area contributed by atoms with Crippen LogP contribution in [0.1, 0.15) is 19.4 Å². The molecule has 0 heterocycles. The van der Waals surface area contributed by atoms with Crippen molar-refractivity contribution in [2.75, 3.05) is 6.26 Å². The number of carbonyl (C=O) groups is 1. The molecule has 1 rings (SSSR count). The molecule has 0 atom stereocenters. The van der Waals surface area contributed by atoms with Crippen LogP contribution in [0, 0.1) is 0 Å². The lowest BCUT2D eigenvalue weighted by molar-refractivity contribution is -0.136. The fourth-order valence-corrected chi connectivity index (χ4v) is 1.33. The molecule has 14 heavy (non-hydrogen) atoms. The summed E-state index contributed by atoms with van der Waals surface area (Å²) in [7, 11) is 0. The molecule has 0 radical (unpaired) electrons. The normalized spacial score (nSPS) is 8.79. The monoisotopic (exact) mass is 212 g/mol. The average molecular weight is 212 g/mol. The highest BCUT2D eigenvalue weighted by Crippen LogP contribution is 2.14. The van der Waals surface area contributed by atoms with Gasteiger partial charge in [-0.3, -0.25) is 4.79 Å². The maximum absolute atomic E-state index is 10.3. The number of benzene rings is 1. The van der Waals surface area contributed by atoms with E-state index in [0.29, 0.717) is 0 Å². The minimum Gasteiger partial charge on any atom is -0.481 e. The number of carboxylic acids is 1. The van der Waals surface area contributed by atoms with Gasteiger partial charge in [0.15, 0.2) is 0 Å². The van der Waals surface area contributed by atoms with E-state index >= 15 is 0 Å². The Bertz CT molecular complexity index is 267. The summed E-state index contributed by atoms with van der Waals surface area (Å²) in [5, 5.41) is 8.49. The highest BCUT2D eigenvalue weighted by molar-refractivity contribution is 7.98. The standard InChI is InChI=1S/C9H10O2S.C2H6/c1-12-8-4-2-7(3-5-8)6-9(10)11;1-2/h2-5H,6H2,1H3,(H,10,11);1-2H3. The maximum atomic E-state index is 10.3. The van der Waals surface area contributed by atoms with Crippen molar-refractivity contribution in [2.24, 2.45) is 0 Å². The summed E-state index contributed by atoms with van der Waals surface area (Å²) < 4.78 is 0. The van der Waals surface area contributed by atoms with Gasteiger partial charge in [-0.25, -0.2) is 0 Å². The molecule has 0 bridgehead atoms. The van der Waals surface area contributed by atoms with Crippen LogP contribution in [0.3, 0.4) is 0 Å². The zero-order valence-electron chi connectivity index (χ0n) is 8.78. The minimum atomic E-state index is -0.785. The van der Waals surface area contributed by atoms with Gasteiger partial charge in [0.25, 0.3) is 0 Å². The first-order chi connectivity index (χ1) is 6.72. The second-order valence-corrected chi connectivity index (χ2v) is 3.30. The summed E-state index contributed by atoms with van der Waals surface area (Å²) in [6.45, 7) is 4.00. The second kappa shape index (κ2) is 7.44. The summed E-state index contributed by atoms with van der Waals surface area (Å²) in [4.78, 5) is 11.5. The van der Waals surface area contributed by atoms with Crippen LogP contribution >= 0.6 is 11.8 Å². The average Bonchev–Trinajstić information content (AvgIpc) is 2.21. The number of carboxylic acid groups (broad SMARTS) is 1. The molecule has 0 saturated carbocycles. The van der Waals surface area contributed by atoms with E-state index in [-0.39, 0.29) is 6.42 Å². The molecule has 2 nitrogen and oxygen atoms in total. The molecule has 0 unspecified atom stereocenters. The molecule has 0 amide bonds. The number of hydrogen-bond donors (Lipinski definition) is 1. The predicted octanol–water partition coefficient (Wildman–Crippen LogP) is 3.06. The Kier molecular flexibility index (Phi) is 6.93. The van der Waals surface area contributed by atoms with E-state index in [4.69, 9.17) is 5.11 Å². The van der Waals surface area contributed by atoms with Gasteiger partial charge in [-0.1, -0.05) is 26.0 Å². The van der Waals surface area contributed by atoms with E-state index in [1.807, 2.05) is 44.4 Å². The Labute approximate surface area is 89.3 Å². The van der Waals surface area contributed by atoms with Gasteiger partial charge >= 0.3 is 5.97 Å². The molecule has 3 heteroatoms. The molecular weight excluding hydrogens is 196 g/mol. The van der Waals surface area contributed by atoms with Crippen molar-refractivity contribution < 1.29 is 9.90 Å². The van der Waals surface area contributed by atoms with Gasteiger partial charge in [-0.15, -0.1) is 11.8 Å². The second-order valence-electron chi connectivity index (χ2n) is 2.42. The van der Waals surface area contributed by atoms with Crippen molar-refractivity contribution >= 4 is 17.7 Å². The number of aliphatic carboxylic acids is 1. The van der Waals surface area contributed by atoms with Crippen LogP contribution in [0.25, 0.3) is 0 Å². The molecule has 0 saturated heterocycles. The molecule has 0 aliphatic rings. The molecule has 1 N–H and O–H groups in total. The fraction of sp³-hybridized carbons (Fsp3) is 0.364. The van der Waals surface area contributed by atoms with E-state index in [9.17, 15) is 4.79 Å². The van der Waals surface area contributed by atoms with Gasteiger partial charge in [0.05, 0.1) is 6.42 Å². The van der Waals surface area contributed by atoms with Gasteiger partial charge in [0.2, 0.25) is 0 Å². The van der Waals surface area contributed by atoms with Gasteiger partial charge in [0, 0.05) is 4.90 Å². The quantitative estimate of drug-likeness (QED) is 0.782. The first-order valence-electron chi connectivity index (χ1n) is 4.57. The minimum absolute atomic E-state index is 0.106. The van der Waals surface area contributed by atoms with Gasteiger partial charge in [-0.2, -0.15) is 0 Å². The zero-order chi connectivity index (χ0) is 11.0. The molecule has 78 valence electrons. The fourth-order valence-electron chi connectivity index (χ4n) is 0.918. The molecule has 0 spiro atoms. The van der Waals surface area contributed by atoms with E-state index in [1.54, 1.807) is 11.8 Å². The third-order valence-electron chi connectivity index (χ3n) is 1.51. The largest absolute Gasteiger partial charge is 0.481 e. The summed E-state index contributed by atoms with van der Waals surface area (Å²) in [6, 6.07) is 7.56. The molecule has 0 aliphatic heterocycles. The van der Waals surface area contributed by atoms with Crippen LogP contribution in [0.4, 0.5) is 0 Å². The summed E-state index contributed by atoms with van der Waals surface area (Å²) >= 11 is 1.65. The van der Waals surface area contributed by atoms with Crippen molar-refractivity contribution in [3.8, 4) is 0 Å². The molecular formula is C11H16O2S. The lowest BCUT2D eigenvalue weighted by Crippen LogP contribution is -1.99. The Balaban J connectivity index is 0.000000791. The van der Waals surface area contributed by atoms with Crippen molar-refractivity contribution in [3.63, 3.8) is 0 Å². The first kappa shape index (κ1) is 13.0. The summed E-state index contributed by atoms with van der Waals surface area (Å²) in [5.41, 5.74) is 0.848. The Morgan fingerprint density at radius 3 is 2.14 bits per heavy atom. The lowest BCUT2D eigenvalue weighted by Gasteiger charge is -1.98. The predicted molar refractivity (Wildman–Crippen MR) is 60.9 cm³/mol. The van der Waals surface area contributed by atoms with Crippen molar-refractivity contribution in [2.45, 2.75) is 25.2 Å². The van der Waals surface area contributed by atoms with E-state index in [2.05, 4.69) is 0 Å². The van der Waals surface area contributed by atoms with Gasteiger partial charge in [-0.05, 0) is 24.0 Å². The summed E-state index contributed by atoms with van der Waals surface area (Å²) in [6.07, 6.45) is 2.10. The number of hydrogen-bond acceptors (Lipinski definition) is 2. The van der Waals surface area contributed by atoms with Gasteiger partial charge < -0.3 is 5.11 Å². The molecule has 0 aromatic heterocycles. The molecule has 1 aromatic carbocycles. The highest BCUT2D eigenvalue weighted by atomic mass is 32.2. The third kappa shape index (κ3) is 4.92. The molecule has 0 aliphatic carbocycles. The van der Waals surface area contributed by atoms with Crippen molar-refractivity contribution in [3.05, 3.63) is 29.8 Å². The lowest BCUT2D eigenvalue weighted by atomic mass is 10.2. The zero-order valence-corrected chi connectivity index (χ0v) is 9.60. The summed E-state index contributed by atoms with van der Waals surface area (Å²) in [5.74, 6) is -0.785. The van der Waals surface area contributed by atoms with Crippen LogP contribution in [0.2, 0.25) is 0 Å². The van der Waals surface area contributed by atoms with E-state index in [0.717, 1.165) is 10.5 Å². The van der Waals surface area contributed by atoms with Gasteiger partial charge in [0.1, 0.15) is 0 Å². The molecule has 0 fully saturated rings. The highest BCUT2D eigenvalue weighted by Gasteiger charge is 1.98. The van der Waals surface area contributed by atoms with Crippen LogP contribution in [-0.4, -0.2) is 17.3 Å². The first-order valence-corrected chi connectivity index (χ1v) is 5.79. The number of rotatable bonds is 3. The smallest absolute Gasteiger partial charge is 0.307 e. The Hall–Kier alpha value is -0.960. The van der Waals surface area contributed by atoms with E-state index in [1.165, 1.54) is 0 Å². The SMILES string of the molecule is CC.CSc1ccc(CC(=O)O)cc1. The maximum Gasteiger partial charge on any atom is 0.307 e. The van der Waals surface area contributed by atoms with Crippen LogP contribution in [-0.2, 0) is 11.2 Å². The van der Waals surface area contributed by atoms with Crippen LogP contribution in [0.5, 0.6) is 0 Å². The van der Waals surface area contributed by atoms with Crippen LogP contribution < -0.4 is 0 Å². The molecule has 1 aromatic rings. The third-order valence-corrected chi connectivity index (χ3v) is 2.26. The number of thioether (sulfide) groups is 1. The van der Waals surface area contributed by atoms with E-state index < -0.39 is 5.97 Å². The Morgan fingerprint density at radius 2 is 1.79 bits per heavy atom. The van der Waals surface area contributed by atoms with Crippen molar-refractivity contribution in [1.29, 1.82) is 0 Å². The van der Waals surface area contributed by atoms with Crippen molar-refractivity contribution in [1.82, 2.24) is 0 Å². The van der Waals surface area contributed by atoms with Crippen LogP contribution in [0.15, 0.2) is 29.2 Å².